The number of rotatable bonds is 25. The maximum absolute atomic E-state index is 14.8. The summed E-state index contributed by atoms with van der Waals surface area (Å²) in [4.78, 5) is 129. The molecule has 39 nitrogen and oxygen atoms in total. The van der Waals surface area contributed by atoms with E-state index in [4.69, 9.17) is 58.6 Å². The van der Waals surface area contributed by atoms with Gasteiger partial charge in [0.1, 0.15) is 62.7 Å². The number of fused-ring (bicyclic) bond motifs is 4. The maximum Gasteiger partial charge on any atom is 0.351 e. The average Bonchev–Trinajstić information content (AvgIpc) is 1.62. The molecule has 0 unspecified atom stereocenters. The topological polar surface area (TPSA) is 551 Å². The Morgan fingerprint density at radius 3 is 0.991 bits per heavy atom. The number of nitrogens with two attached hydrogens (primary N) is 1. The normalized spacial score (nSPS) is 14.8. The molecule has 55 heteroatoms. The molecule has 11 N–H and O–H groups in total. The average molecular weight is 1940 g/mol. The Morgan fingerprint density at radius 2 is 0.752 bits per heavy atom. The van der Waals surface area contributed by atoms with Crippen molar-refractivity contribution in [1.29, 1.82) is 0 Å². The fourth-order valence-corrected chi connectivity index (χ4v) is 10.9. The van der Waals surface area contributed by atoms with E-state index in [9.17, 15) is 53.4 Å². The fraction of sp³-hybridized carbons (Fsp3) is 0.556. The van der Waals surface area contributed by atoms with Gasteiger partial charge in [-0.25, -0.2) is 35.1 Å². The number of nitrogens with zero attached hydrogens (tertiary/aromatic N) is 19. The fourth-order valence-electron chi connectivity index (χ4n) is 9.20. The second-order valence-corrected chi connectivity index (χ2v) is 28.9. The molecule has 4 radical (unpaired) electrons. The number of imidazole rings is 4. The molecule has 598 valence electrons. The summed E-state index contributed by atoms with van der Waals surface area (Å²) < 4.78 is 184. The molecule has 2 fully saturated rings. The van der Waals surface area contributed by atoms with Crippen LogP contribution >= 0.6 is 30.4 Å². The Balaban J connectivity index is 0. The summed E-state index contributed by atoms with van der Waals surface area (Å²) >= 11 is 0. The number of ether oxygens (including phenoxy) is 4. The van der Waals surface area contributed by atoms with Gasteiger partial charge in [0.15, 0.2) is 0 Å². The van der Waals surface area contributed by atoms with Gasteiger partial charge in [0.05, 0.1) is 50.5 Å². The molecular formula is C54H76F8N20O19P4Y4-4. The monoisotopic (exact) mass is 1940 g/mol. The minimum Gasteiger partial charge on any atom is -0.411 e. The first kappa shape index (κ1) is 108. The van der Waals surface area contributed by atoms with E-state index in [0.29, 0.717) is 51.3 Å². The number of aromatic nitrogens is 16. The Morgan fingerprint density at radius 1 is 0.505 bits per heavy atom. The van der Waals surface area contributed by atoms with Crippen LogP contribution < -0.4 is 5.84 Å². The minimum absolute atomic E-state index is 0. The molecule has 109 heavy (non-hydrogen) atoms. The Hall–Kier alpha value is -3.42. The van der Waals surface area contributed by atoms with Crippen molar-refractivity contribution < 1.29 is 257 Å². The van der Waals surface area contributed by atoms with E-state index in [-0.39, 0.29) is 179 Å². The van der Waals surface area contributed by atoms with Gasteiger partial charge >= 0.3 is 30.4 Å². The SMILES string of the molecule is C=NN.C=NO.C=NOC.C=O.Cc1n[c-]nc2c1ncn2CC(F)(F)C1(OCP(=O)(O)O)CC1.Cc1n[c-]nc2c1ncn2CC(F)(F)C1(OCP(=O)(O)O)CCC1.Cc1n[c-]nc2c1ncn2[C@@H](C)C(F)(F)[C@@H](C)OCP(=O)(O)O.Cc1n[c-]nc2c1ncn2[C@H](C)C(F)(F)[C@H](C)OCP(=O)(O)O.[Y].[Y].[Y].[Y]. The molecule has 4 atom stereocenters. The molecule has 0 amide bonds. The van der Waals surface area contributed by atoms with Crippen LogP contribution in [-0.4, -0.2) is 229 Å². The van der Waals surface area contributed by atoms with E-state index in [1.54, 1.807) is 27.7 Å². The van der Waals surface area contributed by atoms with Gasteiger partial charge in [-0.1, -0.05) is 27.7 Å². The van der Waals surface area contributed by atoms with Crippen LogP contribution in [0.5, 0.6) is 0 Å². The molecule has 0 saturated heterocycles. The smallest absolute Gasteiger partial charge is 0.351 e. The van der Waals surface area contributed by atoms with Gasteiger partial charge in [0.2, 0.25) is 0 Å². The zero-order chi connectivity index (χ0) is 80.1. The Labute approximate surface area is 717 Å². The van der Waals surface area contributed by atoms with Crippen molar-refractivity contribution in [3.63, 3.8) is 0 Å². The van der Waals surface area contributed by atoms with E-state index < -0.39 is 128 Å². The zero-order valence-corrected chi connectivity index (χ0v) is 74.5. The molecule has 0 bridgehead atoms. The number of aryl methyl sites for hydroxylation is 4. The number of carbonyl (C=O) groups excluding carboxylic acids is 1. The minimum atomic E-state index is -4.53. The quantitative estimate of drug-likeness (QED) is 0.00602. The molecule has 8 aromatic rings. The predicted molar refractivity (Wildman–Crippen MR) is 353 cm³/mol. The summed E-state index contributed by atoms with van der Waals surface area (Å²) in [6.07, 6.45) is 7.43. The van der Waals surface area contributed by atoms with Crippen LogP contribution in [0.25, 0.3) is 44.7 Å². The van der Waals surface area contributed by atoms with Gasteiger partial charge in [-0.3, -0.25) is 38.2 Å². The summed E-state index contributed by atoms with van der Waals surface area (Å²) in [5.74, 6) is -9.13. The largest absolute Gasteiger partial charge is 0.411 e. The van der Waals surface area contributed by atoms with Gasteiger partial charge in [0, 0.05) is 221 Å². The van der Waals surface area contributed by atoms with Crippen molar-refractivity contribution in [3.8, 4) is 0 Å². The number of hydrazone groups is 1. The third-order valence-electron chi connectivity index (χ3n) is 15.1. The van der Waals surface area contributed by atoms with Gasteiger partial charge in [-0.2, -0.15) is 5.10 Å². The molecule has 0 spiro atoms. The number of hydrogen-bond donors (Lipinski definition) is 10. The molecule has 0 aromatic carbocycles. The molecular weight excluding hydrogens is 1860 g/mol. The number of carbonyl (C=O) groups is 1. The van der Waals surface area contributed by atoms with E-state index in [2.05, 4.69) is 141 Å². The van der Waals surface area contributed by atoms with E-state index in [1.165, 1.54) is 55.4 Å². The first-order chi connectivity index (χ1) is 48.6. The van der Waals surface area contributed by atoms with Crippen molar-refractivity contribution in [2.75, 3.05) is 32.5 Å². The van der Waals surface area contributed by atoms with Crippen LogP contribution in [0.4, 0.5) is 35.1 Å². The molecule has 2 aliphatic rings. The van der Waals surface area contributed by atoms with Crippen LogP contribution in [0, 0.1) is 53.0 Å². The Bertz CT molecular complexity index is 4230. The van der Waals surface area contributed by atoms with E-state index >= 15 is 0 Å². The van der Waals surface area contributed by atoms with Crippen LogP contribution in [0.3, 0.4) is 0 Å². The second-order valence-electron chi connectivity index (χ2n) is 22.5. The van der Waals surface area contributed by atoms with Crippen LogP contribution in [-0.2, 0) is 191 Å². The first-order valence-electron chi connectivity index (χ1n) is 29.6. The van der Waals surface area contributed by atoms with Gasteiger partial charge < -0.3 is 137 Å². The van der Waals surface area contributed by atoms with Crippen molar-refractivity contribution in [1.82, 2.24) is 78.1 Å². The van der Waals surface area contributed by atoms with Crippen molar-refractivity contribution >= 4 is 102 Å². The third kappa shape index (κ3) is 30.9. The first-order valence-corrected chi connectivity index (χ1v) is 36.8. The predicted octanol–water partition coefficient (Wildman–Crippen LogP) is 5.93. The number of oxime groups is 2. The zero-order valence-electron chi connectivity index (χ0n) is 59.5. The van der Waals surface area contributed by atoms with Crippen LogP contribution in [0.2, 0.25) is 0 Å². The van der Waals surface area contributed by atoms with Crippen molar-refractivity contribution in [3.05, 3.63) is 73.4 Å². The summed E-state index contributed by atoms with van der Waals surface area (Å²) in [6, 6.07) is -2.80. The molecule has 8 heterocycles. The van der Waals surface area contributed by atoms with Crippen LogP contribution in [0.1, 0.15) is 94.7 Å². The summed E-state index contributed by atoms with van der Waals surface area (Å²) in [5.41, 5.74) is 0.773. The van der Waals surface area contributed by atoms with E-state index in [1.807, 2.05) is 6.79 Å². The standard InChI is InChI=1S/C13H16F2N4O4P.C12H14F2N4O4P.2C12H16F2N4O4P.C2H5NO.CH4N2.CH3NO.CH2O.4Y/c1-9-10-11(17-6-16-9)19(7-18-10)5-13(14,15)12(3-2-4-12)23-8-24(20,21)22;1-8-9-10(16-5-15-8)18(6-17-9)4-12(13,14)11(2-3-11)22-7-23(19,20)21;2*1-7-10-11(16-4-15-7)18(5-17-10)8(2)12(13,14)9(3)22-6-23(19,20)21;1-3-4-2;1-3-2;1-2-3;1-2;;;;/h7H,2-5,8H2,1H3,(H2,20,21,22);6H,2-4,7H2,1H3,(H2,19,20,21);2*5,8-9H,6H2,1-3H3,(H2,19,20,21);1H2,2H3;1-2H2;3H,1H2;1H2;;;;/q4*-1;;;;;;;;/t;;2*8-,9+;;;;;;;;/m..10......../s1. The number of hydrogen-bond acceptors (Lipinski definition) is 27. The number of halogens is 8. The van der Waals surface area contributed by atoms with Crippen LogP contribution in [0.15, 0.2) is 40.7 Å². The van der Waals surface area contributed by atoms with Gasteiger partial charge in [0.25, 0.3) is 23.7 Å². The van der Waals surface area contributed by atoms with Gasteiger partial charge in [-0.05, 0) is 82.6 Å². The van der Waals surface area contributed by atoms with E-state index in [0.717, 1.165) is 23.0 Å². The van der Waals surface area contributed by atoms with Crippen molar-refractivity contribution in [2.45, 2.75) is 160 Å². The van der Waals surface area contributed by atoms with Gasteiger partial charge in [-0.15, -0.1) is 10.3 Å². The molecule has 10 rings (SSSR count). The maximum atomic E-state index is 14.8. The molecule has 2 saturated carbocycles. The molecule has 2 aliphatic carbocycles. The van der Waals surface area contributed by atoms with Crippen molar-refractivity contribution in [2.24, 2.45) is 21.3 Å². The second kappa shape index (κ2) is 46.4. The third-order valence-corrected chi connectivity index (χ3v) is 17.0. The molecule has 8 aromatic heterocycles. The number of alkyl halides is 8. The summed E-state index contributed by atoms with van der Waals surface area (Å²) in [5, 5.41) is 15.1. The summed E-state index contributed by atoms with van der Waals surface area (Å²) in [6.45, 7) is 20.3. The Kier molecular flexibility index (Phi) is 45.8. The summed E-state index contributed by atoms with van der Waals surface area (Å²) in [7, 11) is -16.6. The molecule has 0 aliphatic heterocycles.